The summed E-state index contributed by atoms with van der Waals surface area (Å²) in [4.78, 5) is 24.6. The van der Waals surface area contributed by atoms with E-state index in [0.29, 0.717) is 22.6 Å². The number of halogens is 1. The Bertz CT molecular complexity index is 654. The molecule has 0 aliphatic rings. The number of hydrogen-bond donors (Lipinski definition) is 0. The average Bonchev–Trinajstić information content (AvgIpc) is 2.95. The maximum absolute atomic E-state index is 12.2. The maximum Gasteiger partial charge on any atom is 0.352 e. The summed E-state index contributed by atoms with van der Waals surface area (Å²) in [7, 11) is 0. The lowest BCUT2D eigenvalue weighted by Gasteiger charge is -2.11. The van der Waals surface area contributed by atoms with E-state index in [1.165, 1.54) is 0 Å². The lowest BCUT2D eigenvalue weighted by molar-refractivity contribution is 0.0322. The molecule has 0 fully saturated rings. The smallest absolute Gasteiger partial charge is 0.352 e. The first kappa shape index (κ1) is 15.8. The van der Waals surface area contributed by atoms with Gasteiger partial charge < -0.3 is 4.74 Å². The number of hydrogen-bond acceptors (Lipinski definition) is 6. The van der Waals surface area contributed by atoms with Crippen molar-refractivity contribution in [1.82, 2.24) is 9.59 Å². The molecule has 0 bridgehead atoms. The van der Waals surface area contributed by atoms with Crippen molar-refractivity contribution >= 4 is 39.2 Å². The normalized spacial score (nSPS) is 12.0. The molecule has 1 aromatic heterocycles. The molecular formula is C14H13BrN2O3S. The van der Waals surface area contributed by atoms with E-state index in [4.69, 9.17) is 4.74 Å². The highest BCUT2D eigenvalue weighted by atomic mass is 79.9. The van der Waals surface area contributed by atoms with Gasteiger partial charge in [-0.25, -0.2) is 4.79 Å². The highest BCUT2D eigenvalue weighted by Crippen LogP contribution is 2.16. The van der Waals surface area contributed by atoms with Gasteiger partial charge in [0.25, 0.3) is 0 Å². The van der Waals surface area contributed by atoms with Crippen LogP contribution in [0.4, 0.5) is 0 Å². The van der Waals surface area contributed by atoms with E-state index in [9.17, 15) is 9.59 Å². The summed E-state index contributed by atoms with van der Waals surface area (Å²) in [5.41, 5.74) is 1.09. The third-order valence-corrected chi connectivity index (χ3v) is 4.13. The Balaban J connectivity index is 2.07. The fourth-order valence-corrected chi connectivity index (χ4v) is 2.61. The number of benzene rings is 1. The highest BCUT2D eigenvalue weighted by Gasteiger charge is 2.23. The molecule has 0 spiro atoms. The number of ether oxygens (including phenoxy) is 1. The summed E-state index contributed by atoms with van der Waals surface area (Å²) in [6.07, 6.45) is -0.263. The monoisotopic (exact) mass is 368 g/mol. The van der Waals surface area contributed by atoms with Crippen molar-refractivity contribution in [3.63, 3.8) is 0 Å². The van der Waals surface area contributed by atoms with Crippen molar-refractivity contribution in [2.24, 2.45) is 0 Å². The molecule has 0 unspecified atom stereocenters. The van der Waals surface area contributed by atoms with Gasteiger partial charge in [0.15, 0.2) is 11.0 Å². The summed E-state index contributed by atoms with van der Waals surface area (Å²) < 4.78 is 9.83. The number of aromatic nitrogens is 2. The standard InChI is InChI=1S/C14H13BrN2O3S/c1-3-11-13(21-17-16-11)14(19)20-8(2)12(18)9-4-6-10(15)7-5-9/h4-8H,3H2,1-2H3/t8-/m1/s1. The van der Waals surface area contributed by atoms with Gasteiger partial charge in [-0.05, 0) is 37.0 Å². The molecule has 2 aromatic rings. The molecule has 21 heavy (non-hydrogen) atoms. The van der Waals surface area contributed by atoms with Crippen molar-refractivity contribution in [3.8, 4) is 0 Å². The van der Waals surface area contributed by atoms with E-state index in [1.54, 1.807) is 31.2 Å². The molecule has 0 radical (unpaired) electrons. The fraction of sp³-hybridized carbons (Fsp3) is 0.286. The van der Waals surface area contributed by atoms with Gasteiger partial charge in [0.2, 0.25) is 5.78 Å². The minimum atomic E-state index is -0.856. The van der Waals surface area contributed by atoms with Crippen LogP contribution in [0, 0.1) is 0 Å². The Morgan fingerprint density at radius 3 is 2.62 bits per heavy atom. The average molecular weight is 369 g/mol. The molecule has 0 saturated heterocycles. The van der Waals surface area contributed by atoms with E-state index >= 15 is 0 Å². The SMILES string of the molecule is CCc1nnsc1C(=O)O[C@H](C)C(=O)c1ccc(Br)cc1. The van der Waals surface area contributed by atoms with Crippen LogP contribution in [0.25, 0.3) is 0 Å². The highest BCUT2D eigenvalue weighted by molar-refractivity contribution is 9.10. The zero-order chi connectivity index (χ0) is 15.4. The van der Waals surface area contributed by atoms with Gasteiger partial charge in [0.1, 0.15) is 0 Å². The zero-order valence-electron chi connectivity index (χ0n) is 11.5. The molecule has 2 rings (SSSR count). The Morgan fingerprint density at radius 2 is 2.00 bits per heavy atom. The number of rotatable bonds is 5. The van der Waals surface area contributed by atoms with Crippen LogP contribution in [0.3, 0.4) is 0 Å². The predicted octanol–water partition coefficient (Wildman–Crippen LogP) is 3.29. The summed E-state index contributed by atoms with van der Waals surface area (Å²) in [5, 5.41) is 3.85. The van der Waals surface area contributed by atoms with E-state index in [-0.39, 0.29) is 5.78 Å². The lowest BCUT2D eigenvalue weighted by atomic mass is 10.1. The number of Topliss-reactive ketones (excluding diaryl/α,β-unsaturated/α-hetero) is 1. The van der Waals surface area contributed by atoms with E-state index in [1.807, 2.05) is 6.92 Å². The van der Waals surface area contributed by atoms with Gasteiger partial charge in [-0.15, -0.1) is 5.10 Å². The predicted molar refractivity (Wildman–Crippen MR) is 82.6 cm³/mol. The van der Waals surface area contributed by atoms with Crippen molar-refractivity contribution in [3.05, 3.63) is 44.9 Å². The molecule has 110 valence electrons. The van der Waals surface area contributed by atoms with Crippen LogP contribution in [0.15, 0.2) is 28.7 Å². The molecule has 5 nitrogen and oxygen atoms in total. The first-order valence-corrected chi connectivity index (χ1v) is 7.91. The second-order valence-corrected chi connectivity index (χ2v) is 5.99. The van der Waals surface area contributed by atoms with Crippen LogP contribution in [0.2, 0.25) is 0 Å². The number of ketones is 1. The quantitative estimate of drug-likeness (QED) is 0.598. The van der Waals surface area contributed by atoms with Crippen LogP contribution in [0.1, 0.15) is 39.6 Å². The molecule has 0 aliphatic carbocycles. The first-order valence-electron chi connectivity index (χ1n) is 6.35. The van der Waals surface area contributed by atoms with Gasteiger partial charge in [-0.1, -0.05) is 39.5 Å². The van der Waals surface area contributed by atoms with Crippen LogP contribution in [0.5, 0.6) is 0 Å². The van der Waals surface area contributed by atoms with Crippen molar-refractivity contribution in [1.29, 1.82) is 0 Å². The van der Waals surface area contributed by atoms with Crippen molar-refractivity contribution in [2.75, 3.05) is 0 Å². The minimum Gasteiger partial charge on any atom is -0.450 e. The number of aryl methyl sites for hydroxylation is 1. The molecule has 1 heterocycles. The van der Waals surface area contributed by atoms with E-state index in [2.05, 4.69) is 25.5 Å². The second kappa shape index (κ2) is 6.91. The van der Waals surface area contributed by atoms with Crippen LogP contribution < -0.4 is 0 Å². The molecular weight excluding hydrogens is 356 g/mol. The molecule has 1 aromatic carbocycles. The summed E-state index contributed by atoms with van der Waals surface area (Å²) in [6, 6.07) is 6.90. The molecule has 0 N–H and O–H groups in total. The lowest BCUT2D eigenvalue weighted by Crippen LogP contribution is -2.24. The van der Waals surface area contributed by atoms with Crippen LogP contribution in [-0.2, 0) is 11.2 Å². The van der Waals surface area contributed by atoms with Gasteiger partial charge in [-0.2, -0.15) is 0 Å². The molecule has 0 amide bonds. The third-order valence-electron chi connectivity index (χ3n) is 2.86. The van der Waals surface area contributed by atoms with Crippen LogP contribution in [-0.4, -0.2) is 27.4 Å². The summed E-state index contributed by atoms with van der Waals surface area (Å²) >= 11 is 4.29. The van der Waals surface area contributed by atoms with Gasteiger partial charge in [0, 0.05) is 10.0 Å². The Labute approximate surface area is 134 Å². The Hall–Kier alpha value is -1.60. The number of carbonyl (C=O) groups is 2. The van der Waals surface area contributed by atoms with Crippen LogP contribution >= 0.6 is 27.5 Å². The van der Waals surface area contributed by atoms with Crippen molar-refractivity contribution < 1.29 is 14.3 Å². The summed E-state index contributed by atoms with van der Waals surface area (Å²) in [5.74, 6) is -0.800. The number of nitrogens with zero attached hydrogens (tertiary/aromatic N) is 2. The minimum absolute atomic E-state index is 0.244. The molecule has 0 saturated carbocycles. The van der Waals surface area contributed by atoms with E-state index in [0.717, 1.165) is 16.0 Å². The summed E-state index contributed by atoms with van der Waals surface area (Å²) in [6.45, 7) is 3.44. The molecule has 7 heteroatoms. The third kappa shape index (κ3) is 3.74. The van der Waals surface area contributed by atoms with Gasteiger partial charge in [-0.3, -0.25) is 4.79 Å². The first-order chi connectivity index (χ1) is 10.0. The molecule has 1 atom stereocenters. The largest absolute Gasteiger partial charge is 0.450 e. The second-order valence-electron chi connectivity index (χ2n) is 4.32. The fourth-order valence-electron chi connectivity index (χ4n) is 1.71. The van der Waals surface area contributed by atoms with Crippen molar-refractivity contribution in [2.45, 2.75) is 26.4 Å². The number of esters is 1. The molecule has 0 aliphatic heterocycles. The maximum atomic E-state index is 12.2. The van der Waals surface area contributed by atoms with E-state index < -0.39 is 12.1 Å². The zero-order valence-corrected chi connectivity index (χ0v) is 13.9. The number of carbonyl (C=O) groups excluding carboxylic acids is 2. The van der Waals surface area contributed by atoms with Gasteiger partial charge in [0.05, 0.1) is 5.69 Å². The van der Waals surface area contributed by atoms with Gasteiger partial charge >= 0.3 is 5.97 Å². The Morgan fingerprint density at radius 1 is 1.33 bits per heavy atom. The topological polar surface area (TPSA) is 69.2 Å². The Kier molecular flexibility index (Phi) is 5.19.